The Labute approximate surface area is 119 Å². The Kier molecular flexibility index (Phi) is 7.35. The molecule has 0 spiro atoms. The lowest BCUT2D eigenvalue weighted by Crippen LogP contribution is -2.39. The molecule has 2 amide bonds. The summed E-state index contributed by atoms with van der Waals surface area (Å²) in [6.07, 6.45) is 2.31. The van der Waals surface area contributed by atoms with Crippen LogP contribution in [-0.4, -0.2) is 30.1 Å². The minimum Gasteiger partial charge on any atom is -0.396 e. The van der Waals surface area contributed by atoms with E-state index in [4.69, 9.17) is 5.11 Å². The smallest absolute Gasteiger partial charge is 0.309 e. The monoisotopic (exact) mass is 278 g/mol. The van der Waals surface area contributed by atoms with Gasteiger partial charge in [-0.1, -0.05) is 29.8 Å². The van der Waals surface area contributed by atoms with Gasteiger partial charge in [0.2, 0.25) is 0 Å². The standard InChI is InChI=1S/C15H22N2O3/c1-12-6-5-7-13(10-12)11-17-15(20)14(19)16-8-3-2-4-9-18/h5-7,10,18H,2-4,8-9,11H2,1H3,(H,16,19)(H,17,20). The Morgan fingerprint density at radius 3 is 2.55 bits per heavy atom. The zero-order valence-electron chi connectivity index (χ0n) is 11.8. The predicted molar refractivity (Wildman–Crippen MR) is 77.0 cm³/mol. The summed E-state index contributed by atoms with van der Waals surface area (Å²) >= 11 is 0. The van der Waals surface area contributed by atoms with Crippen LogP contribution in [0.2, 0.25) is 0 Å². The fourth-order valence-electron chi connectivity index (χ4n) is 1.78. The molecule has 0 radical (unpaired) electrons. The van der Waals surface area contributed by atoms with Crippen LogP contribution in [0.15, 0.2) is 24.3 Å². The molecule has 0 aliphatic carbocycles. The third kappa shape index (κ3) is 6.33. The summed E-state index contributed by atoms with van der Waals surface area (Å²) in [5.74, 6) is -1.23. The lowest BCUT2D eigenvalue weighted by Gasteiger charge is -2.07. The van der Waals surface area contributed by atoms with Crippen molar-refractivity contribution in [3.63, 3.8) is 0 Å². The molecule has 0 aliphatic rings. The van der Waals surface area contributed by atoms with Crippen LogP contribution >= 0.6 is 0 Å². The van der Waals surface area contributed by atoms with Gasteiger partial charge in [0, 0.05) is 19.7 Å². The number of nitrogens with one attached hydrogen (secondary N) is 2. The molecule has 0 bridgehead atoms. The number of amides is 2. The van der Waals surface area contributed by atoms with Crippen LogP contribution in [0, 0.1) is 6.92 Å². The van der Waals surface area contributed by atoms with Crippen LogP contribution in [-0.2, 0) is 16.1 Å². The summed E-state index contributed by atoms with van der Waals surface area (Å²) in [7, 11) is 0. The van der Waals surface area contributed by atoms with Crippen molar-refractivity contribution >= 4 is 11.8 Å². The molecule has 0 saturated heterocycles. The van der Waals surface area contributed by atoms with Gasteiger partial charge in [0.15, 0.2) is 0 Å². The topological polar surface area (TPSA) is 78.4 Å². The fourth-order valence-corrected chi connectivity index (χ4v) is 1.78. The molecule has 1 aromatic carbocycles. The highest BCUT2D eigenvalue weighted by Crippen LogP contribution is 2.03. The highest BCUT2D eigenvalue weighted by molar-refractivity contribution is 6.35. The number of aryl methyl sites for hydroxylation is 1. The van der Waals surface area contributed by atoms with Crippen LogP contribution < -0.4 is 10.6 Å². The molecule has 5 nitrogen and oxygen atoms in total. The zero-order chi connectivity index (χ0) is 14.8. The quantitative estimate of drug-likeness (QED) is 0.512. The van der Waals surface area contributed by atoms with Crippen molar-refractivity contribution in [2.45, 2.75) is 32.7 Å². The second kappa shape index (κ2) is 9.09. The van der Waals surface area contributed by atoms with Gasteiger partial charge in [-0.05, 0) is 31.7 Å². The number of hydrogen-bond donors (Lipinski definition) is 3. The van der Waals surface area contributed by atoms with E-state index in [0.29, 0.717) is 13.1 Å². The molecule has 0 aliphatic heterocycles. The Bertz CT molecular complexity index is 446. The zero-order valence-corrected chi connectivity index (χ0v) is 11.8. The molecule has 110 valence electrons. The van der Waals surface area contributed by atoms with E-state index in [-0.39, 0.29) is 6.61 Å². The fraction of sp³-hybridized carbons (Fsp3) is 0.467. The van der Waals surface area contributed by atoms with Crippen molar-refractivity contribution in [1.82, 2.24) is 10.6 Å². The third-order valence-corrected chi connectivity index (χ3v) is 2.86. The molecular weight excluding hydrogens is 256 g/mol. The van der Waals surface area contributed by atoms with Gasteiger partial charge < -0.3 is 15.7 Å². The minimum absolute atomic E-state index is 0.158. The van der Waals surface area contributed by atoms with Crippen molar-refractivity contribution in [2.24, 2.45) is 0 Å². The van der Waals surface area contributed by atoms with Gasteiger partial charge in [0.05, 0.1) is 0 Å². The van der Waals surface area contributed by atoms with E-state index >= 15 is 0 Å². The van der Waals surface area contributed by atoms with Crippen molar-refractivity contribution in [1.29, 1.82) is 0 Å². The summed E-state index contributed by atoms with van der Waals surface area (Å²) in [5, 5.41) is 13.8. The number of unbranched alkanes of at least 4 members (excludes halogenated alkanes) is 2. The van der Waals surface area contributed by atoms with Gasteiger partial charge in [0.25, 0.3) is 0 Å². The van der Waals surface area contributed by atoms with Crippen molar-refractivity contribution in [2.75, 3.05) is 13.2 Å². The number of aliphatic hydroxyl groups is 1. The van der Waals surface area contributed by atoms with E-state index in [0.717, 1.165) is 30.4 Å². The van der Waals surface area contributed by atoms with Gasteiger partial charge in [-0.3, -0.25) is 9.59 Å². The number of benzene rings is 1. The van der Waals surface area contributed by atoms with Crippen LogP contribution in [0.4, 0.5) is 0 Å². The van der Waals surface area contributed by atoms with Crippen LogP contribution in [0.3, 0.4) is 0 Å². The third-order valence-electron chi connectivity index (χ3n) is 2.86. The van der Waals surface area contributed by atoms with Crippen molar-refractivity contribution in [3.8, 4) is 0 Å². The molecule has 0 aromatic heterocycles. The number of aliphatic hydroxyl groups excluding tert-OH is 1. The van der Waals surface area contributed by atoms with Crippen LogP contribution in [0.5, 0.6) is 0 Å². The molecule has 1 aromatic rings. The first-order chi connectivity index (χ1) is 9.63. The maximum Gasteiger partial charge on any atom is 0.309 e. The Hall–Kier alpha value is -1.88. The molecule has 0 saturated carbocycles. The van der Waals surface area contributed by atoms with Crippen molar-refractivity contribution in [3.05, 3.63) is 35.4 Å². The van der Waals surface area contributed by atoms with Crippen molar-refractivity contribution < 1.29 is 14.7 Å². The second-order valence-electron chi connectivity index (χ2n) is 4.71. The Morgan fingerprint density at radius 1 is 1.10 bits per heavy atom. The molecule has 3 N–H and O–H groups in total. The average molecular weight is 278 g/mol. The minimum atomic E-state index is -0.617. The Balaban J connectivity index is 2.23. The van der Waals surface area contributed by atoms with Gasteiger partial charge in [-0.15, -0.1) is 0 Å². The lowest BCUT2D eigenvalue weighted by atomic mass is 10.1. The summed E-state index contributed by atoms with van der Waals surface area (Å²) in [4.78, 5) is 23.0. The summed E-state index contributed by atoms with van der Waals surface area (Å²) in [5.41, 5.74) is 2.08. The lowest BCUT2D eigenvalue weighted by molar-refractivity contribution is -0.139. The van der Waals surface area contributed by atoms with Crippen LogP contribution in [0.25, 0.3) is 0 Å². The van der Waals surface area contributed by atoms with E-state index in [1.165, 1.54) is 0 Å². The maximum absolute atomic E-state index is 11.6. The number of carbonyl (C=O) groups is 2. The molecule has 5 heteroatoms. The summed E-state index contributed by atoms with van der Waals surface area (Å²) in [6.45, 7) is 2.94. The molecule has 20 heavy (non-hydrogen) atoms. The van der Waals surface area contributed by atoms with Gasteiger partial charge in [-0.2, -0.15) is 0 Å². The normalized spacial score (nSPS) is 10.1. The molecule has 0 atom stereocenters. The Morgan fingerprint density at radius 2 is 1.85 bits per heavy atom. The first kappa shape index (κ1) is 16.2. The first-order valence-electron chi connectivity index (χ1n) is 6.86. The van der Waals surface area contributed by atoms with E-state index in [1.807, 2.05) is 31.2 Å². The van der Waals surface area contributed by atoms with Gasteiger partial charge in [-0.25, -0.2) is 0 Å². The number of carbonyl (C=O) groups excluding carboxylic acids is 2. The maximum atomic E-state index is 11.6. The van der Waals surface area contributed by atoms with E-state index < -0.39 is 11.8 Å². The molecule has 0 unspecified atom stereocenters. The van der Waals surface area contributed by atoms with E-state index in [9.17, 15) is 9.59 Å². The van der Waals surface area contributed by atoms with Gasteiger partial charge in [0.1, 0.15) is 0 Å². The number of rotatable bonds is 7. The second-order valence-corrected chi connectivity index (χ2v) is 4.71. The summed E-state index contributed by atoms with van der Waals surface area (Å²) < 4.78 is 0. The molecule has 1 rings (SSSR count). The predicted octanol–water partition coefficient (Wildman–Crippen LogP) is 0.890. The highest BCUT2D eigenvalue weighted by Gasteiger charge is 2.11. The average Bonchev–Trinajstić information content (AvgIpc) is 2.44. The largest absolute Gasteiger partial charge is 0.396 e. The molecule has 0 heterocycles. The first-order valence-corrected chi connectivity index (χ1v) is 6.86. The van der Waals surface area contributed by atoms with Crippen LogP contribution in [0.1, 0.15) is 30.4 Å². The molecule has 0 fully saturated rings. The molecular formula is C15H22N2O3. The summed E-state index contributed by atoms with van der Waals surface area (Å²) in [6, 6.07) is 7.76. The highest BCUT2D eigenvalue weighted by atomic mass is 16.3. The number of hydrogen-bond acceptors (Lipinski definition) is 3. The van der Waals surface area contributed by atoms with Gasteiger partial charge >= 0.3 is 11.8 Å². The van der Waals surface area contributed by atoms with E-state index in [2.05, 4.69) is 10.6 Å². The van der Waals surface area contributed by atoms with E-state index in [1.54, 1.807) is 0 Å². The SMILES string of the molecule is Cc1cccc(CNC(=O)C(=O)NCCCCCO)c1.